The highest BCUT2D eigenvalue weighted by molar-refractivity contribution is 6.33. The van der Waals surface area contributed by atoms with Crippen molar-refractivity contribution in [1.82, 2.24) is 20.1 Å². The van der Waals surface area contributed by atoms with Gasteiger partial charge >= 0.3 is 0 Å². The van der Waals surface area contributed by atoms with E-state index < -0.39 is 11.7 Å². The van der Waals surface area contributed by atoms with Crippen molar-refractivity contribution in [2.24, 2.45) is 0 Å². The molecule has 2 atom stereocenters. The lowest BCUT2D eigenvalue weighted by molar-refractivity contribution is -0.130. The number of likely N-dealkylation sites (tertiary alicyclic amines) is 1. The lowest BCUT2D eigenvalue weighted by atomic mass is 9.94. The molecule has 10 nitrogen and oxygen atoms in total. The third-order valence-corrected chi connectivity index (χ3v) is 7.57. The van der Waals surface area contributed by atoms with Crippen molar-refractivity contribution >= 4 is 35.8 Å². The van der Waals surface area contributed by atoms with Crippen LogP contribution in [0.15, 0.2) is 67.0 Å². The number of carboxylic acid groups (broad SMARTS) is 1. The molecule has 2 aliphatic rings. The van der Waals surface area contributed by atoms with E-state index in [0.717, 1.165) is 17.2 Å². The summed E-state index contributed by atoms with van der Waals surface area (Å²) in [6, 6.07) is 14.6. The number of rotatable bonds is 3. The minimum Gasteiger partial charge on any atom is -0.494 e. The minimum atomic E-state index is -0.546. The predicted molar refractivity (Wildman–Crippen MR) is 156 cm³/mol. The number of amides is 3. The summed E-state index contributed by atoms with van der Waals surface area (Å²) in [5, 5.41) is 9.96. The summed E-state index contributed by atoms with van der Waals surface area (Å²) in [6.07, 6.45) is 4.81. The summed E-state index contributed by atoms with van der Waals surface area (Å²) in [5.74, 6) is -0.838. The van der Waals surface area contributed by atoms with Gasteiger partial charge < -0.3 is 25.0 Å². The molecule has 0 spiro atoms. The Kier molecular flexibility index (Phi) is 11.0. The maximum atomic E-state index is 13.6. The molecule has 0 saturated carbocycles. The van der Waals surface area contributed by atoms with Crippen molar-refractivity contribution in [2.75, 3.05) is 32.8 Å². The normalized spacial score (nSPS) is 18.6. The monoisotopic (exact) mass is 610 g/mol. The van der Waals surface area contributed by atoms with E-state index in [1.54, 1.807) is 23.4 Å². The zero-order valence-corrected chi connectivity index (χ0v) is 24.1. The summed E-state index contributed by atoms with van der Waals surface area (Å²) >= 11 is 6.16. The Morgan fingerprint density at radius 1 is 1.12 bits per heavy atom. The van der Waals surface area contributed by atoms with Gasteiger partial charge in [-0.2, -0.15) is 0 Å². The van der Waals surface area contributed by atoms with Crippen molar-refractivity contribution in [3.05, 3.63) is 94.5 Å². The molecule has 1 saturated heterocycles. The number of hydrogen-bond acceptors (Lipinski definition) is 6. The lowest BCUT2D eigenvalue weighted by Crippen LogP contribution is -2.47. The fourth-order valence-corrected chi connectivity index (χ4v) is 5.47. The van der Waals surface area contributed by atoms with E-state index in [0.29, 0.717) is 44.8 Å². The molecular formula is C31H32ClFN4O6. The Labute approximate surface area is 253 Å². The van der Waals surface area contributed by atoms with Gasteiger partial charge in [-0.3, -0.25) is 24.2 Å². The molecule has 1 aromatic heterocycles. The van der Waals surface area contributed by atoms with E-state index in [9.17, 15) is 18.8 Å². The minimum absolute atomic E-state index is 0.00902. The van der Waals surface area contributed by atoms with Crippen LogP contribution in [-0.2, 0) is 20.8 Å². The average Bonchev–Trinajstić information content (AvgIpc) is 3.40. The van der Waals surface area contributed by atoms with E-state index in [1.165, 1.54) is 17.0 Å². The number of pyridine rings is 1. The molecule has 5 rings (SSSR count). The Morgan fingerprint density at radius 2 is 1.93 bits per heavy atom. The third-order valence-electron chi connectivity index (χ3n) is 7.26. The molecule has 0 aliphatic carbocycles. The number of halogens is 2. The van der Waals surface area contributed by atoms with Crippen LogP contribution in [0.3, 0.4) is 0 Å². The molecule has 2 aromatic carbocycles. The van der Waals surface area contributed by atoms with E-state index in [1.807, 2.05) is 30.3 Å². The molecule has 3 amide bonds. The molecule has 2 bridgehead atoms. The largest absolute Gasteiger partial charge is 0.494 e. The summed E-state index contributed by atoms with van der Waals surface area (Å²) in [4.78, 5) is 55.5. The Morgan fingerprint density at radius 3 is 2.67 bits per heavy atom. The summed E-state index contributed by atoms with van der Waals surface area (Å²) in [5.41, 5.74) is 1.91. The Balaban J connectivity index is 0.00000135. The zero-order chi connectivity index (χ0) is 30.8. The molecule has 3 aromatic rings. The number of carbonyl (C=O) groups excluding carboxylic acids is 3. The molecule has 2 N–H and O–H groups in total. The number of benzene rings is 2. The van der Waals surface area contributed by atoms with Crippen molar-refractivity contribution in [2.45, 2.75) is 31.2 Å². The fourth-order valence-electron chi connectivity index (χ4n) is 5.22. The highest BCUT2D eigenvalue weighted by Crippen LogP contribution is 2.31. The molecule has 3 heterocycles. The van der Waals surface area contributed by atoms with Gasteiger partial charge in [0.2, 0.25) is 11.8 Å². The predicted octanol–water partition coefficient (Wildman–Crippen LogP) is 3.54. The van der Waals surface area contributed by atoms with E-state index >= 15 is 0 Å². The van der Waals surface area contributed by atoms with Crippen LogP contribution >= 0.6 is 11.6 Å². The van der Waals surface area contributed by atoms with Crippen molar-refractivity contribution < 1.29 is 33.4 Å². The summed E-state index contributed by atoms with van der Waals surface area (Å²) in [7, 11) is 0. The van der Waals surface area contributed by atoms with Crippen LogP contribution in [0.1, 0.15) is 40.2 Å². The summed E-state index contributed by atoms with van der Waals surface area (Å²) < 4.78 is 19.6. The number of fused-ring (bicyclic) bond motifs is 4. The first-order chi connectivity index (χ1) is 20.8. The number of nitrogens with one attached hydrogen (secondary N) is 1. The highest BCUT2D eigenvalue weighted by atomic mass is 35.5. The maximum Gasteiger partial charge on any atom is 0.290 e. The van der Waals surface area contributed by atoms with Gasteiger partial charge in [0.25, 0.3) is 12.4 Å². The van der Waals surface area contributed by atoms with Crippen LogP contribution in [0.4, 0.5) is 4.39 Å². The molecule has 226 valence electrons. The van der Waals surface area contributed by atoms with Crippen molar-refractivity contribution in [3.8, 4) is 5.75 Å². The van der Waals surface area contributed by atoms with Gasteiger partial charge in [0.15, 0.2) is 0 Å². The van der Waals surface area contributed by atoms with Crippen LogP contribution in [0, 0.1) is 5.82 Å². The first-order valence-corrected chi connectivity index (χ1v) is 14.2. The third kappa shape index (κ3) is 8.51. The number of aromatic nitrogens is 1. The molecular weight excluding hydrogens is 579 g/mol. The second-order valence-electron chi connectivity index (χ2n) is 10.2. The van der Waals surface area contributed by atoms with Gasteiger partial charge in [-0.05, 0) is 60.4 Å². The standard InChI is InChI=1S/C30H30ClFN4O4.CH2O2/c31-26-15-22(32)8-9-24(26)30(39)35-11-1-2-12-40-23-7-3-6-21(14-23)25-17-36(18-27(25)34-28(37)19-35)29(38)13-20-5-4-10-33-16-20;2-1-3/h3-10,14-16,25,27H,1-2,11-13,17-19H2,(H,34,37);1H,(H,2,3)/t25-,27+;/m1./s1. The van der Waals surface area contributed by atoms with Crippen molar-refractivity contribution in [1.29, 1.82) is 0 Å². The molecule has 12 heteroatoms. The summed E-state index contributed by atoms with van der Waals surface area (Å²) in [6.45, 7) is 1.06. The average molecular weight is 611 g/mol. The van der Waals surface area contributed by atoms with Crippen LogP contribution in [0.5, 0.6) is 5.75 Å². The molecule has 0 unspecified atom stereocenters. The van der Waals surface area contributed by atoms with Gasteiger partial charge in [-0.25, -0.2) is 4.39 Å². The molecule has 1 fully saturated rings. The topological polar surface area (TPSA) is 129 Å². The van der Waals surface area contributed by atoms with Gasteiger partial charge in [0.1, 0.15) is 11.6 Å². The molecule has 0 radical (unpaired) electrons. The second-order valence-corrected chi connectivity index (χ2v) is 10.6. The van der Waals surface area contributed by atoms with E-state index in [2.05, 4.69) is 10.3 Å². The first-order valence-electron chi connectivity index (χ1n) is 13.8. The molecule has 2 aliphatic heterocycles. The number of hydrogen-bond donors (Lipinski definition) is 2. The van der Waals surface area contributed by atoms with Gasteiger partial charge in [0.05, 0.1) is 36.2 Å². The SMILES string of the molecule is O=C1CN(C(=O)c2ccc(F)cc2Cl)CCCCOc2cccc(c2)[C@H]2CN(C(=O)Cc3cccnc3)C[C@@H]2N1.O=CO. The maximum absolute atomic E-state index is 13.6. The lowest BCUT2D eigenvalue weighted by Gasteiger charge is -2.26. The quantitative estimate of drug-likeness (QED) is 0.434. The Bertz CT molecular complexity index is 1440. The first kappa shape index (κ1) is 31.4. The van der Waals surface area contributed by atoms with Gasteiger partial charge in [0, 0.05) is 37.9 Å². The number of carbonyl (C=O) groups is 4. The molecule has 43 heavy (non-hydrogen) atoms. The Hall–Kier alpha value is -4.51. The van der Waals surface area contributed by atoms with Gasteiger partial charge in [-0.15, -0.1) is 0 Å². The van der Waals surface area contributed by atoms with Crippen LogP contribution in [0.2, 0.25) is 5.02 Å². The smallest absolute Gasteiger partial charge is 0.290 e. The second kappa shape index (κ2) is 15.1. The zero-order valence-electron chi connectivity index (χ0n) is 23.3. The number of ether oxygens (including phenoxy) is 1. The number of nitrogens with zero attached hydrogens (tertiary/aromatic N) is 3. The van der Waals surface area contributed by atoms with Crippen LogP contribution in [-0.4, -0.2) is 82.9 Å². The van der Waals surface area contributed by atoms with E-state index in [-0.39, 0.29) is 53.8 Å². The van der Waals surface area contributed by atoms with Crippen LogP contribution in [0.25, 0.3) is 0 Å². The van der Waals surface area contributed by atoms with E-state index in [4.69, 9.17) is 26.2 Å². The van der Waals surface area contributed by atoms with Crippen LogP contribution < -0.4 is 10.1 Å². The fraction of sp³-hybridized carbons (Fsp3) is 0.323. The highest BCUT2D eigenvalue weighted by Gasteiger charge is 2.37. The van der Waals surface area contributed by atoms with Crippen molar-refractivity contribution in [3.63, 3.8) is 0 Å². The van der Waals surface area contributed by atoms with Gasteiger partial charge in [-0.1, -0.05) is 29.8 Å².